The van der Waals surface area contributed by atoms with Crippen LogP contribution in [0.3, 0.4) is 0 Å². The summed E-state index contributed by atoms with van der Waals surface area (Å²) in [5.74, 6) is -1.04. The minimum atomic E-state index is -0.866. The van der Waals surface area contributed by atoms with Gasteiger partial charge in [-0.1, -0.05) is 19.4 Å². The zero-order chi connectivity index (χ0) is 24.0. The molecule has 2 N–H and O–H groups in total. The first-order valence-electron chi connectivity index (χ1n) is 10.8. The van der Waals surface area contributed by atoms with E-state index in [0.717, 1.165) is 12.8 Å². The molecule has 1 atom stereocenters. The van der Waals surface area contributed by atoms with Crippen molar-refractivity contribution in [1.82, 2.24) is 4.90 Å². The largest absolute Gasteiger partial charge is 0.507 e. The molecule has 2 aromatic carbocycles. The first-order valence-corrected chi connectivity index (χ1v) is 10.8. The van der Waals surface area contributed by atoms with Crippen LogP contribution in [0, 0.1) is 0 Å². The zero-order valence-electron chi connectivity index (χ0n) is 19.0. The summed E-state index contributed by atoms with van der Waals surface area (Å²) in [4.78, 5) is 27.2. The van der Waals surface area contributed by atoms with Crippen molar-refractivity contribution in [2.75, 3.05) is 34.0 Å². The highest BCUT2D eigenvalue weighted by Crippen LogP contribution is 2.41. The summed E-state index contributed by atoms with van der Waals surface area (Å²) in [5.41, 5.74) is 0.864. The predicted octanol–water partition coefficient (Wildman–Crippen LogP) is 3.65. The number of benzene rings is 2. The third-order valence-corrected chi connectivity index (χ3v) is 5.49. The number of aromatic hydroxyl groups is 1. The molecule has 1 aliphatic heterocycles. The monoisotopic (exact) mass is 455 g/mol. The van der Waals surface area contributed by atoms with Gasteiger partial charge in [-0.15, -0.1) is 0 Å². The van der Waals surface area contributed by atoms with Gasteiger partial charge in [-0.3, -0.25) is 9.59 Å². The van der Waals surface area contributed by atoms with Gasteiger partial charge < -0.3 is 29.3 Å². The number of ketones is 1. The average Bonchev–Trinajstić information content (AvgIpc) is 3.08. The number of phenols is 1. The molecule has 8 heteroatoms. The Bertz CT molecular complexity index is 1030. The van der Waals surface area contributed by atoms with Gasteiger partial charge >= 0.3 is 0 Å². The standard InChI is InChI=1S/C25H29NO7/c1-4-5-13-33-18-9-6-16(7-10-18)23(28)21-22(17-8-11-19(27)20(15-17)32-3)26(12-14-31-2)25(30)24(21)29/h6-11,15,22,27-28H,4-5,12-14H2,1-3H3/b23-21-. The number of nitrogens with zero attached hydrogens (tertiary/aromatic N) is 1. The molecule has 8 nitrogen and oxygen atoms in total. The molecule has 1 fully saturated rings. The number of carbonyl (C=O) groups is 2. The summed E-state index contributed by atoms with van der Waals surface area (Å²) < 4.78 is 16.0. The maximum atomic E-state index is 13.0. The van der Waals surface area contributed by atoms with Crippen LogP contribution in [0.15, 0.2) is 48.0 Å². The Hall–Kier alpha value is -3.52. The molecule has 0 bridgehead atoms. The van der Waals surface area contributed by atoms with Crippen LogP contribution in [0.25, 0.3) is 5.76 Å². The van der Waals surface area contributed by atoms with Gasteiger partial charge in [0.25, 0.3) is 11.7 Å². The summed E-state index contributed by atoms with van der Waals surface area (Å²) in [6, 6.07) is 10.4. The summed E-state index contributed by atoms with van der Waals surface area (Å²) in [6.45, 7) is 3.03. The molecule has 1 unspecified atom stereocenters. The van der Waals surface area contributed by atoms with E-state index in [2.05, 4.69) is 6.92 Å². The van der Waals surface area contributed by atoms with E-state index in [1.54, 1.807) is 36.4 Å². The second kappa shape index (κ2) is 10.9. The fourth-order valence-electron chi connectivity index (χ4n) is 3.71. The van der Waals surface area contributed by atoms with Gasteiger partial charge in [-0.2, -0.15) is 0 Å². The number of aliphatic hydroxyl groups is 1. The number of methoxy groups -OCH3 is 2. The molecule has 0 radical (unpaired) electrons. The van der Waals surface area contributed by atoms with E-state index in [9.17, 15) is 19.8 Å². The maximum Gasteiger partial charge on any atom is 0.295 e. The SMILES string of the molecule is CCCCOc1ccc(/C(O)=C2/C(=O)C(=O)N(CCOC)C2c2ccc(O)c(OC)c2)cc1. The Morgan fingerprint density at radius 1 is 1.06 bits per heavy atom. The Kier molecular flexibility index (Phi) is 7.95. The number of carbonyl (C=O) groups excluding carboxylic acids is 2. The van der Waals surface area contributed by atoms with Crippen LogP contribution in [0.5, 0.6) is 17.2 Å². The number of likely N-dealkylation sites (tertiary alicyclic amines) is 1. The van der Waals surface area contributed by atoms with E-state index >= 15 is 0 Å². The van der Waals surface area contributed by atoms with Gasteiger partial charge in [-0.25, -0.2) is 0 Å². The number of hydrogen-bond donors (Lipinski definition) is 2. The third kappa shape index (κ3) is 5.12. The molecule has 33 heavy (non-hydrogen) atoms. The number of unbranched alkanes of at least 4 members (excludes halogenated alkanes) is 1. The first-order chi connectivity index (χ1) is 15.9. The molecule has 1 aliphatic rings. The van der Waals surface area contributed by atoms with Gasteiger partial charge in [0, 0.05) is 19.2 Å². The molecule has 2 aromatic rings. The topological polar surface area (TPSA) is 106 Å². The van der Waals surface area contributed by atoms with Crippen LogP contribution in [-0.4, -0.2) is 60.8 Å². The molecule has 1 saturated heterocycles. The minimum Gasteiger partial charge on any atom is -0.507 e. The van der Waals surface area contributed by atoms with Gasteiger partial charge in [0.1, 0.15) is 11.5 Å². The maximum absolute atomic E-state index is 13.0. The molecule has 0 aliphatic carbocycles. The highest BCUT2D eigenvalue weighted by atomic mass is 16.5. The number of phenolic OH excluding ortho intramolecular Hbond substituents is 1. The second-order valence-electron chi connectivity index (χ2n) is 7.64. The first kappa shape index (κ1) is 24.1. The lowest BCUT2D eigenvalue weighted by Gasteiger charge is -2.25. The number of ether oxygens (including phenoxy) is 3. The number of aliphatic hydroxyl groups excluding tert-OH is 1. The molecule has 1 heterocycles. The van der Waals surface area contributed by atoms with E-state index in [1.165, 1.54) is 25.2 Å². The van der Waals surface area contributed by atoms with E-state index < -0.39 is 17.7 Å². The molecule has 3 rings (SSSR count). The third-order valence-electron chi connectivity index (χ3n) is 5.49. The van der Waals surface area contributed by atoms with Crippen LogP contribution < -0.4 is 9.47 Å². The summed E-state index contributed by atoms with van der Waals surface area (Å²) in [6.07, 6.45) is 1.95. The lowest BCUT2D eigenvalue weighted by molar-refractivity contribution is -0.140. The molecule has 0 saturated carbocycles. The van der Waals surface area contributed by atoms with Gasteiger partial charge in [0.05, 0.1) is 31.9 Å². The predicted molar refractivity (Wildman–Crippen MR) is 122 cm³/mol. The van der Waals surface area contributed by atoms with Crippen molar-refractivity contribution in [2.24, 2.45) is 0 Å². The fraction of sp³-hybridized carbons (Fsp3) is 0.360. The molecule has 0 spiro atoms. The molecular weight excluding hydrogens is 426 g/mol. The van der Waals surface area contributed by atoms with Crippen molar-refractivity contribution in [2.45, 2.75) is 25.8 Å². The number of hydrogen-bond acceptors (Lipinski definition) is 7. The highest BCUT2D eigenvalue weighted by molar-refractivity contribution is 6.46. The van der Waals surface area contributed by atoms with Crippen LogP contribution in [-0.2, 0) is 14.3 Å². The average molecular weight is 456 g/mol. The Balaban J connectivity index is 2.05. The molecule has 1 amide bonds. The zero-order valence-corrected chi connectivity index (χ0v) is 19.0. The smallest absolute Gasteiger partial charge is 0.295 e. The van der Waals surface area contributed by atoms with Crippen molar-refractivity contribution in [3.05, 3.63) is 59.2 Å². The summed E-state index contributed by atoms with van der Waals surface area (Å²) in [7, 11) is 2.91. The van der Waals surface area contributed by atoms with Crippen molar-refractivity contribution >= 4 is 17.4 Å². The van der Waals surface area contributed by atoms with E-state index in [1.807, 2.05) is 0 Å². The number of amides is 1. The van der Waals surface area contributed by atoms with Crippen molar-refractivity contribution in [3.63, 3.8) is 0 Å². The van der Waals surface area contributed by atoms with Gasteiger partial charge in [0.15, 0.2) is 11.5 Å². The van der Waals surface area contributed by atoms with Gasteiger partial charge in [0.2, 0.25) is 0 Å². The Labute approximate surface area is 193 Å². The van der Waals surface area contributed by atoms with E-state index in [0.29, 0.717) is 23.5 Å². The van der Waals surface area contributed by atoms with Crippen LogP contribution in [0.1, 0.15) is 36.9 Å². The number of rotatable bonds is 10. The van der Waals surface area contributed by atoms with Gasteiger partial charge in [-0.05, 0) is 48.4 Å². The van der Waals surface area contributed by atoms with Crippen LogP contribution >= 0.6 is 0 Å². The lowest BCUT2D eigenvalue weighted by Crippen LogP contribution is -2.32. The Morgan fingerprint density at radius 3 is 2.42 bits per heavy atom. The van der Waals surface area contributed by atoms with Crippen molar-refractivity contribution < 1.29 is 34.0 Å². The number of Topliss-reactive ketones (excluding diaryl/α,β-unsaturated/α-hetero) is 1. The minimum absolute atomic E-state index is 0.0384. The molecule has 176 valence electrons. The fourth-order valence-corrected chi connectivity index (χ4v) is 3.71. The molecule has 0 aromatic heterocycles. The summed E-state index contributed by atoms with van der Waals surface area (Å²) >= 11 is 0. The lowest BCUT2D eigenvalue weighted by atomic mass is 9.95. The van der Waals surface area contributed by atoms with Crippen LogP contribution in [0.4, 0.5) is 0 Å². The van der Waals surface area contributed by atoms with E-state index in [-0.39, 0.29) is 36.0 Å². The summed E-state index contributed by atoms with van der Waals surface area (Å²) in [5, 5.41) is 21.1. The van der Waals surface area contributed by atoms with Crippen molar-refractivity contribution in [3.8, 4) is 17.2 Å². The normalized spacial score (nSPS) is 17.4. The quantitative estimate of drug-likeness (QED) is 0.244. The van der Waals surface area contributed by atoms with Crippen molar-refractivity contribution in [1.29, 1.82) is 0 Å². The van der Waals surface area contributed by atoms with Crippen LogP contribution in [0.2, 0.25) is 0 Å². The highest BCUT2D eigenvalue weighted by Gasteiger charge is 2.46. The Morgan fingerprint density at radius 2 is 1.79 bits per heavy atom. The second-order valence-corrected chi connectivity index (χ2v) is 7.64. The molecular formula is C25H29NO7. The van der Waals surface area contributed by atoms with E-state index in [4.69, 9.17) is 14.2 Å².